The standard InChI is InChI=1S/C17H22N4O2S/c18-16(23)15-12-24-17(19-15)21-8-7-20(14(11-21)6-9-22)10-13-4-2-1-3-5-13/h1-5,12,14,22H,6-11H2,(H2,18,23). The third-order valence-corrected chi connectivity index (χ3v) is 5.21. The molecule has 3 rings (SSSR count). The molecule has 1 atom stereocenters. The number of thiazole rings is 1. The Labute approximate surface area is 145 Å². The molecule has 0 bridgehead atoms. The number of rotatable bonds is 6. The molecule has 0 radical (unpaired) electrons. The molecule has 1 aromatic carbocycles. The largest absolute Gasteiger partial charge is 0.396 e. The Balaban J connectivity index is 1.69. The van der Waals surface area contributed by atoms with Crippen LogP contribution in [0.25, 0.3) is 0 Å². The Morgan fingerprint density at radius 3 is 2.79 bits per heavy atom. The molecule has 1 amide bonds. The number of hydrogen-bond acceptors (Lipinski definition) is 6. The van der Waals surface area contributed by atoms with Gasteiger partial charge in [0, 0.05) is 44.2 Å². The van der Waals surface area contributed by atoms with E-state index in [1.165, 1.54) is 16.9 Å². The maximum Gasteiger partial charge on any atom is 0.268 e. The van der Waals surface area contributed by atoms with Crippen LogP contribution < -0.4 is 10.6 Å². The van der Waals surface area contributed by atoms with Crippen molar-refractivity contribution in [2.24, 2.45) is 5.73 Å². The highest BCUT2D eigenvalue weighted by Gasteiger charge is 2.28. The summed E-state index contributed by atoms with van der Waals surface area (Å²) in [6.07, 6.45) is 0.720. The van der Waals surface area contributed by atoms with E-state index >= 15 is 0 Å². The lowest BCUT2D eigenvalue weighted by Gasteiger charge is -2.41. The molecule has 0 saturated carbocycles. The van der Waals surface area contributed by atoms with Gasteiger partial charge in [-0.1, -0.05) is 30.3 Å². The normalized spacial score (nSPS) is 18.7. The fourth-order valence-corrected chi connectivity index (χ4v) is 3.89. The van der Waals surface area contributed by atoms with Crippen molar-refractivity contribution in [3.05, 3.63) is 47.0 Å². The second kappa shape index (κ2) is 7.74. The first-order valence-electron chi connectivity index (χ1n) is 8.06. The maximum atomic E-state index is 11.2. The predicted octanol–water partition coefficient (Wildman–Crippen LogP) is 1.32. The minimum atomic E-state index is -0.493. The summed E-state index contributed by atoms with van der Waals surface area (Å²) >= 11 is 1.44. The number of amides is 1. The molecule has 1 saturated heterocycles. The van der Waals surface area contributed by atoms with Crippen LogP contribution in [0, 0.1) is 0 Å². The SMILES string of the molecule is NC(=O)c1csc(N2CCN(Cc3ccccc3)C(CCO)C2)n1. The zero-order chi connectivity index (χ0) is 16.9. The van der Waals surface area contributed by atoms with E-state index in [9.17, 15) is 9.90 Å². The van der Waals surface area contributed by atoms with Gasteiger partial charge in [0.15, 0.2) is 5.13 Å². The summed E-state index contributed by atoms with van der Waals surface area (Å²) in [5.41, 5.74) is 6.88. The molecule has 128 valence electrons. The summed E-state index contributed by atoms with van der Waals surface area (Å²) in [6, 6.07) is 10.6. The monoisotopic (exact) mass is 346 g/mol. The summed E-state index contributed by atoms with van der Waals surface area (Å²) in [4.78, 5) is 20.1. The maximum absolute atomic E-state index is 11.2. The van der Waals surface area contributed by atoms with Gasteiger partial charge in [-0.25, -0.2) is 4.98 Å². The number of hydrogen-bond donors (Lipinski definition) is 2. The first kappa shape index (κ1) is 16.9. The Morgan fingerprint density at radius 1 is 1.33 bits per heavy atom. The van der Waals surface area contributed by atoms with Gasteiger partial charge in [-0.2, -0.15) is 0 Å². The van der Waals surface area contributed by atoms with E-state index < -0.39 is 5.91 Å². The zero-order valence-electron chi connectivity index (χ0n) is 13.5. The highest BCUT2D eigenvalue weighted by atomic mass is 32.1. The van der Waals surface area contributed by atoms with Gasteiger partial charge in [-0.05, 0) is 12.0 Å². The van der Waals surface area contributed by atoms with Crippen molar-refractivity contribution in [2.75, 3.05) is 31.1 Å². The number of carbonyl (C=O) groups is 1. The van der Waals surface area contributed by atoms with Crippen molar-refractivity contribution in [1.29, 1.82) is 0 Å². The molecule has 0 aliphatic carbocycles. The molecule has 1 unspecified atom stereocenters. The molecule has 24 heavy (non-hydrogen) atoms. The van der Waals surface area contributed by atoms with E-state index in [4.69, 9.17) is 5.73 Å². The van der Waals surface area contributed by atoms with Gasteiger partial charge in [0.1, 0.15) is 5.69 Å². The summed E-state index contributed by atoms with van der Waals surface area (Å²) < 4.78 is 0. The quantitative estimate of drug-likeness (QED) is 0.824. The number of aliphatic hydroxyl groups excluding tert-OH is 1. The molecule has 1 aromatic heterocycles. The van der Waals surface area contributed by atoms with Crippen molar-refractivity contribution in [3.8, 4) is 0 Å². The minimum absolute atomic E-state index is 0.161. The Morgan fingerprint density at radius 2 is 2.12 bits per heavy atom. The molecule has 7 heteroatoms. The van der Waals surface area contributed by atoms with Crippen LogP contribution in [-0.2, 0) is 6.54 Å². The lowest BCUT2D eigenvalue weighted by molar-refractivity contribution is 0.0996. The average molecular weight is 346 g/mol. The minimum Gasteiger partial charge on any atom is -0.396 e. The fourth-order valence-electron chi connectivity index (χ4n) is 3.04. The summed E-state index contributed by atoms with van der Waals surface area (Å²) in [7, 11) is 0. The van der Waals surface area contributed by atoms with Crippen LogP contribution >= 0.6 is 11.3 Å². The van der Waals surface area contributed by atoms with Crippen molar-refractivity contribution in [2.45, 2.75) is 19.0 Å². The molecular formula is C17H22N4O2S. The van der Waals surface area contributed by atoms with Gasteiger partial charge in [-0.15, -0.1) is 11.3 Å². The predicted molar refractivity (Wildman–Crippen MR) is 95.2 cm³/mol. The summed E-state index contributed by atoms with van der Waals surface area (Å²) in [6.45, 7) is 3.57. The van der Waals surface area contributed by atoms with E-state index in [0.29, 0.717) is 5.69 Å². The number of carbonyl (C=O) groups excluding carboxylic acids is 1. The van der Waals surface area contributed by atoms with Crippen LogP contribution in [0.15, 0.2) is 35.7 Å². The van der Waals surface area contributed by atoms with Gasteiger partial charge in [0.2, 0.25) is 0 Å². The van der Waals surface area contributed by atoms with E-state index in [1.54, 1.807) is 5.38 Å². The number of anilines is 1. The van der Waals surface area contributed by atoms with Gasteiger partial charge in [0.05, 0.1) is 0 Å². The van der Waals surface area contributed by atoms with Crippen molar-refractivity contribution < 1.29 is 9.90 Å². The van der Waals surface area contributed by atoms with Gasteiger partial charge >= 0.3 is 0 Å². The number of primary amides is 1. The number of nitrogens with two attached hydrogens (primary N) is 1. The molecule has 6 nitrogen and oxygen atoms in total. The van der Waals surface area contributed by atoms with E-state index in [0.717, 1.165) is 37.7 Å². The van der Waals surface area contributed by atoms with Crippen molar-refractivity contribution >= 4 is 22.4 Å². The number of aromatic nitrogens is 1. The van der Waals surface area contributed by atoms with Crippen LogP contribution in [0.2, 0.25) is 0 Å². The molecule has 0 spiro atoms. The molecule has 1 fully saturated rings. The van der Waals surface area contributed by atoms with Gasteiger partial charge < -0.3 is 15.7 Å². The number of aliphatic hydroxyl groups is 1. The number of piperazine rings is 1. The van der Waals surface area contributed by atoms with Gasteiger partial charge in [0.25, 0.3) is 5.91 Å². The highest BCUT2D eigenvalue weighted by Crippen LogP contribution is 2.25. The smallest absolute Gasteiger partial charge is 0.268 e. The fraction of sp³-hybridized carbons (Fsp3) is 0.412. The molecule has 3 N–H and O–H groups in total. The lowest BCUT2D eigenvalue weighted by Crippen LogP contribution is -2.53. The molecular weight excluding hydrogens is 324 g/mol. The third kappa shape index (κ3) is 3.92. The third-order valence-electron chi connectivity index (χ3n) is 4.31. The van der Waals surface area contributed by atoms with E-state index in [-0.39, 0.29) is 12.6 Å². The van der Waals surface area contributed by atoms with Crippen LogP contribution in [0.4, 0.5) is 5.13 Å². The lowest BCUT2D eigenvalue weighted by atomic mass is 10.1. The zero-order valence-corrected chi connectivity index (χ0v) is 14.3. The van der Waals surface area contributed by atoms with E-state index in [1.807, 2.05) is 18.2 Å². The second-order valence-corrected chi connectivity index (χ2v) is 6.78. The molecule has 1 aliphatic heterocycles. The van der Waals surface area contributed by atoms with Gasteiger partial charge in [-0.3, -0.25) is 9.69 Å². The van der Waals surface area contributed by atoms with E-state index in [2.05, 4.69) is 26.9 Å². The van der Waals surface area contributed by atoms with Crippen LogP contribution in [-0.4, -0.2) is 53.2 Å². The Hall–Kier alpha value is -1.96. The average Bonchev–Trinajstić information content (AvgIpc) is 3.08. The van der Waals surface area contributed by atoms with Crippen molar-refractivity contribution in [3.63, 3.8) is 0 Å². The summed E-state index contributed by atoms with van der Waals surface area (Å²) in [5.74, 6) is -0.493. The topological polar surface area (TPSA) is 82.7 Å². The molecule has 2 heterocycles. The Bertz CT molecular complexity index is 676. The van der Waals surface area contributed by atoms with Crippen LogP contribution in [0.1, 0.15) is 22.5 Å². The van der Waals surface area contributed by atoms with Crippen molar-refractivity contribution in [1.82, 2.24) is 9.88 Å². The Kier molecular flexibility index (Phi) is 5.44. The first-order valence-corrected chi connectivity index (χ1v) is 8.94. The number of nitrogens with zero attached hydrogens (tertiary/aromatic N) is 3. The summed E-state index contributed by atoms with van der Waals surface area (Å²) in [5, 5.41) is 11.9. The second-order valence-electron chi connectivity index (χ2n) is 5.95. The highest BCUT2D eigenvalue weighted by molar-refractivity contribution is 7.13. The first-order chi connectivity index (χ1) is 11.7. The molecule has 1 aliphatic rings. The molecule has 2 aromatic rings. The van der Waals surface area contributed by atoms with Crippen LogP contribution in [0.5, 0.6) is 0 Å². The van der Waals surface area contributed by atoms with Crippen LogP contribution in [0.3, 0.4) is 0 Å². The number of benzene rings is 1.